The molecule has 1 N–H and O–H groups in total. The molecule has 0 bridgehead atoms. The van der Waals surface area contributed by atoms with E-state index >= 15 is 0 Å². The van der Waals surface area contributed by atoms with Crippen LogP contribution in [0.3, 0.4) is 0 Å². The maximum Gasteiger partial charge on any atom is 0.223 e. The molecule has 1 saturated heterocycles. The van der Waals surface area contributed by atoms with Crippen LogP contribution in [0.2, 0.25) is 0 Å². The molecule has 6 nitrogen and oxygen atoms in total. The Bertz CT molecular complexity index is 701. The van der Waals surface area contributed by atoms with Gasteiger partial charge in [-0.05, 0) is 44.6 Å². The van der Waals surface area contributed by atoms with E-state index < -0.39 is 10.0 Å². The molecule has 0 aliphatic carbocycles. The lowest BCUT2D eigenvalue weighted by molar-refractivity contribution is -0.126. The first-order valence-corrected chi connectivity index (χ1v) is 10.2. The minimum absolute atomic E-state index is 0.0728. The van der Waals surface area contributed by atoms with E-state index in [1.54, 1.807) is 6.07 Å². The van der Waals surface area contributed by atoms with Crippen molar-refractivity contribution in [3.05, 3.63) is 35.6 Å². The number of likely N-dealkylation sites (N-methyl/N-ethyl adjacent to an activating group) is 1. The van der Waals surface area contributed by atoms with Crippen molar-refractivity contribution >= 4 is 15.9 Å². The highest BCUT2D eigenvalue weighted by molar-refractivity contribution is 7.88. The highest BCUT2D eigenvalue weighted by Crippen LogP contribution is 2.21. The number of carbonyl (C=O) groups excluding carboxylic acids is 1. The van der Waals surface area contributed by atoms with Gasteiger partial charge >= 0.3 is 0 Å². The van der Waals surface area contributed by atoms with E-state index in [4.69, 9.17) is 0 Å². The lowest BCUT2D eigenvalue weighted by atomic mass is 9.97. The molecule has 1 fully saturated rings. The van der Waals surface area contributed by atoms with Gasteiger partial charge in [0.1, 0.15) is 5.82 Å². The summed E-state index contributed by atoms with van der Waals surface area (Å²) >= 11 is 0. The second-order valence-corrected chi connectivity index (χ2v) is 8.70. The first-order valence-electron chi connectivity index (χ1n) is 8.33. The van der Waals surface area contributed by atoms with Crippen LogP contribution in [0.15, 0.2) is 24.3 Å². The van der Waals surface area contributed by atoms with Crippen molar-refractivity contribution in [1.82, 2.24) is 14.5 Å². The average Bonchev–Trinajstić information content (AvgIpc) is 2.54. The number of amides is 1. The highest BCUT2D eigenvalue weighted by Gasteiger charge is 2.29. The van der Waals surface area contributed by atoms with E-state index in [0.717, 1.165) is 5.56 Å². The average molecular weight is 371 g/mol. The van der Waals surface area contributed by atoms with E-state index in [0.29, 0.717) is 32.5 Å². The standard InChI is InChI=1S/C17H26FN3O3S/c1-20(2)16(14-5-4-6-15(18)11-14)12-19-17(22)13-7-9-21(10-8-13)25(3,23)24/h4-6,11,13,16H,7-10,12H2,1-3H3,(H,19,22)/t16-/m1/s1. The quantitative estimate of drug-likeness (QED) is 0.816. The number of carbonyl (C=O) groups is 1. The Hall–Kier alpha value is -1.51. The van der Waals surface area contributed by atoms with Crippen molar-refractivity contribution < 1.29 is 17.6 Å². The Morgan fingerprint density at radius 3 is 2.52 bits per heavy atom. The van der Waals surface area contributed by atoms with Crippen LogP contribution in [-0.4, -0.2) is 63.5 Å². The molecule has 1 aromatic rings. The van der Waals surface area contributed by atoms with Crippen LogP contribution in [0.4, 0.5) is 4.39 Å². The summed E-state index contributed by atoms with van der Waals surface area (Å²) in [4.78, 5) is 14.3. The third-order valence-corrected chi connectivity index (χ3v) is 5.92. The van der Waals surface area contributed by atoms with Crippen LogP contribution in [0, 0.1) is 11.7 Å². The maximum atomic E-state index is 13.5. The Labute approximate surface area is 149 Å². The first kappa shape index (κ1) is 19.8. The molecule has 1 heterocycles. The molecular weight excluding hydrogens is 345 g/mol. The summed E-state index contributed by atoms with van der Waals surface area (Å²) < 4.78 is 37.9. The van der Waals surface area contributed by atoms with E-state index in [9.17, 15) is 17.6 Å². The second-order valence-electron chi connectivity index (χ2n) is 6.72. The van der Waals surface area contributed by atoms with Crippen molar-refractivity contribution in [3.8, 4) is 0 Å². The molecule has 25 heavy (non-hydrogen) atoms. The van der Waals surface area contributed by atoms with Gasteiger partial charge in [-0.15, -0.1) is 0 Å². The van der Waals surface area contributed by atoms with Crippen molar-refractivity contribution in [2.24, 2.45) is 5.92 Å². The van der Waals surface area contributed by atoms with Crippen molar-refractivity contribution in [1.29, 1.82) is 0 Å². The van der Waals surface area contributed by atoms with Gasteiger partial charge in [0.05, 0.1) is 12.3 Å². The monoisotopic (exact) mass is 371 g/mol. The van der Waals surface area contributed by atoms with Gasteiger partial charge in [0.25, 0.3) is 0 Å². The third-order valence-electron chi connectivity index (χ3n) is 4.62. The number of hydrogen-bond acceptors (Lipinski definition) is 4. The summed E-state index contributed by atoms with van der Waals surface area (Å²) in [7, 11) is 0.570. The van der Waals surface area contributed by atoms with Gasteiger partial charge in [-0.2, -0.15) is 0 Å². The van der Waals surface area contributed by atoms with E-state index in [1.807, 2.05) is 25.1 Å². The van der Waals surface area contributed by atoms with Crippen LogP contribution in [0.5, 0.6) is 0 Å². The van der Waals surface area contributed by atoms with Gasteiger partial charge < -0.3 is 10.2 Å². The normalized spacial score (nSPS) is 18.3. The SMILES string of the molecule is CN(C)[C@H](CNC(=O)C1CCN(S(C)(=O)=O)CC1)c1cccc(F)c1. The van der Waals surface area contributed by atoms with E-state index in [-0.39, 0.29) is 23.7 Å². The number of benzene rings is 1. The van der Waals surface area contributed by atoms with Crippen LogP contribution in [0.1, 0.15) is 24.4 Å². The predicted octanol–water partition coefficient (Wildman–Crippen LogP) is 1.22. The topological polar surface area (TPSA) is 69.7 Å². The molecule has 0 unspecified atom stereocenters. The zero-order valence-corrected chi connectivity index (χ0v) is 15.7. The smallest absolute Gasteiger partial charge is 0.223 e. The Morgan fingerprint density at radius 2 is 2.00 bits per heavy atom. The molecule has 0 radical (unpaired) electrons. The zero-order valence-electron chi connectivity index (χ0n) is 14.9. The number of hydrogen-bond donors (Lipinski definition) is 1. The van der Waals surface area contributed by atoms with Crippen molar-refractivity contribution in [3.63, 3.8) is 0 Å². The molecule has 2 rings (SSSR count). The van der Waals surface area contributed by atoms with Crippen LogP contribution >= 0.6 is 0 Å². The number of nitrogens with one attached hydrogen (secondary N) is 1. The Kier molecular flexibility index (Phi) is 6.53. The van der Waals surface area contributed by atoms with Crippen molar-refractivity contribution in [2.45, 2.75) is 18.9 Å². The van der Waals surface area contributed by atoms with Gasteiger partial charge in [-0.25, -0.2) is 17.1 Å². The molecule has 140 valence electrons. The Balaban J connectivity index is 1.92. The minimum atomic E-state index is -3.19. The van der Waals surface area contributed by atoms with Crippen LogP contribution in [-0.2, 0) is 14.8 Å². The largest absolute Gasteiger partial charge is 0.354 e. The molecule has 0 aromatic heterocycles. The number of sulfonamides is 1. The lowest BCUT2D eigenvalue weighted by Crippen LogP contribution is -2.44. The summed E-state index contributed by atoms with van der Waals surface area (Å²) in [5, 5.41) is 2.93. The van der Waals surface area contributed by atoms with E-state index in [1.165, 1.54) is 22.7 Å². The number of halogens is 1. The summed E-state index contributed by atoms with van der Waals surface area (Å²) in [6.07, 6.45) is 2.23. The number of nitrogens with zero attached hydrogens (tertiary/aromatic N) is 2. The third kappa shape index (κ3) is 5.49. The van der Waals surface area contributed by atoms with E-state index in [2.05, 4.69) is 5.32 Å². The number of piperidine rings is 1. The fraction of sp³-hybridized carbons (Fsp3) is 0.588. The molecule has 1 aliphatic heterocycles. The van der Waals surface area contributed by atoms with Gasteiger partial charge in [0, 0.05) is 25.6 Å². The Morgan fingerprint density at radius 1 is 1.36 bits per heavy atom. The first-order chi connectivity index (χ1) is 11.7. The minimum Gasteiger partial charge on any atom is -0.354 e. The van der Waals surface area contributed by atoms with Gasteiger partial charge in [0.15, 0.2) is 0 Å². The molecular formula is C17H26FN3O3S. The number of rotatable bonds is 6. The lowest BCUT2D eigenvalue weighted by Gasteiger charge is -2.30. The predicted molar refractivity (Wildman–Crippen MR) is 95.0 cm³/mol. The molecule has 1 aliphatic rings. The van der Waals surface area contributed by atoms with Crippen LogP contribution < -0.4 is 5.32 Å². The fourth-order valence-electron chi connectivity index (χ4n) is 3.10. The molecule has 1 atom stereocenters. The molecule has 8 heteroatoms. The zero-order chi connectivity index (χ0) is 18.6. The fourth-order valence-corrected chi connectivity index (χ4v) is 3.98. The summed E-state index contributed by atoms with van der Waals surface area (Å²) in [5.74, 6) is -0.562. The molecule has 1 amide bonds. The van der Waals surface area contributed by atoms with Crippen molar-refractivity contribution in [2.75, 3.05) is 40.0 Å². The van der Waals surface area contributed by atoms with Gasteiger partial charge in [-0.3, -0.25) is 4.79 Å². The van der Waals surface area contributed by atoms with Crippen LogP contribution in [0.25, 0.3) is 0 Å². The summed E-state index contributed by atoms with van der Waals surface area (Å²) in [6, 6.07) is 6.23. The van der Waals surface area contributed by atoms with Gasteiger partial charge in [-0.1, -0.05) is 12.1 Å². The summed E-state index contributed by atoms with van der Waals surface area (Å²) in [5.41, 5.74) is 0.803. The van der Waals surface area contributed by atoms with Gasteiger partial charge in [0.2, 0.25) is 15.9 Å². The molecule has 0 spiro atoms. The second kappa shape index (κ2) is 8.25. The molecule has 1 aromatic carbocycles. The highest BCUT2D eigenvalue weighted by atomic mass is 32.2. The molecule has 0 saturated carbocycles. The maximum absolute atomic E-state index is 13.5. The summed E-state index contributed by atoms with van der Waals surface area (Å²) in [6.45, 7) is 1.12.